The van der Waals surface area contributed by atoms with Gasteiger partial charge < -0.3 is 38.4 Å². The maximum absolute atomic E-state index is 14.4. The van der Waals surface area contributed by atoms with Crippen molar-refractivity contribution in [2.24, 2.45) is 5.41 Å². The molecule has 1 aliphatic heterocycles. The highest BCUT2D eigenvalue weighted by Gasteiger charge is 2.61. The van der Waals surface area contributed by atoms with E-state index in [9.17, 15) is 32.7 Å². The highest BCUT2D eigenvalue weighted by Crippen LogP contribution is 2.59. The fourth-order valence-corrected chi connectivity index (χ4v) is 8.46. The van der Waals surface area contributed by atoms with Gasteiger partial charge in [0.15, 0.2) is 17.5 Å². The maximum atomic E-state index is 14.4. The van der Waals surface area contributed by atoms with Crippen molar-refractivity contribution in [3.05, 3.63) is 58.3 Å². The van der Waals surface area contributed by atoms with Gasteiger partial charge in [0.05, 0.1) is 12.5 Å². The predicted molar refractivity (Wildman–Crippen MR) is 188 cm³/mol. The van der Waals surface area contributed by atoms with Gasteiger partial charge in [-0.2, -0.15) is 13.2 Å². The molecule has 14 nitrogen and oxygen atoms in total. The highest BCUT2D eigenvalue weighted by molar-refractivity contribution is 6.06. The Kier molecular flexibility index (Phi) is 8.56. The van der Waals surface area contributed by atoms with Crippen molar-refractivity contribution < 1.29 is 41.4 Å². The number of nitrogens with zero attached hydrogens (tertiary/aromatic N) is 6. The number of nitrogens with one attached hydrogen (secondary N) is 1. The molecular weight excluding hydrogens is 711 g/mol. The molecule has 4 aromatic heterocycles. The molecule has 5 heterocycles. The highest BCUT2D eigenvalue weighted by atomic mass is 19.4. The van der Waals surface area contributed by atoms with Crippen LogP contribution in [-0.4, -0.2) is 86.3 Å². The number of aromatic hydroxyl groups is 1. The number of methoxy groups -OCH3 is 1. The van der Waals surface area contributed by atoms with E-state index in [0.717, 1.165) is 0 Å². The molecule has 17 heteroatoms. The van der Waals surface area contributed by atoms with Gasteiger partial charge in [-0.05, 0) is 63.1 Å². The van der Waals surface area contributed by atoms with Crippen molar-refractivity contribution in [2.75, 3.05) is 38.2 Å². The van der Waals surface area contributed by atoms with E-state index >= 15 is 0 Å². The van der Waals surface area contributed by atoms with Crippen LogP contribution in [0, 0.1) is 5.41 Å². The van der Waals surface area contributed by atoms with Crippen molar-refractivity contribution in [3.8, 4) is 23.1 Å². The lowest BCUT2D eigenvalue weighted by Gasteiger charge is -2.54. The number of oxazole rings is 2. The molecule has 54 heavy (non-hydrogen) atoms. The predicted octanol–water partition coefficient (Wildman–Crippen LogP) is 5.20. The Morgan fingerprint density at radius 3 is 2.43 bits per heavy atom. The van der Waals surface area contributed by atoms with Gasteiger partial charge in [-0.1, -0.05) is 6.92 Å². The van der Waals surface area contributed by atoms with Crippen molar-refractivity contribution >= 4 is 39.8 Å². The number of halogens is 3. The zero-order valence-electron chi connectivity index (χ0n) is 29.7. The number of amides is 2. The summed E-state index contributed by atoms with van der Waals surface area (Å²) in [5.41, 5.74) is -0.884. The van der Waals surface area contributed by atoms with E-state index in [0.29, 0.717) is 34.8 Å². The zero-order valence-corrected chi connectivity index (χ0v) is 29.7. The second-order valence-corrected chi connectivity index (χ2v) is 14.4. The topological polar surface area (TPSA) is 169 Å². The number of alkyl halides is 3. The summed E-state index contributed by atoms with van der Waals surface area (Å²) in [6.07, 6.45) is -0.684. The number of carbonyl (C=O) groups is 2. The molecule has 284 valence electrons. The third-order valence-corrected chi connectivity index (χ3v) is 11.5. The first kappa shape index (κ1) is 35.4. The number of fused-ring (bicyclic) bond motifs is 5. The van der Waals surface area contributed by atoms with E-state index in [1.54, 1.807) is 27.7 Å². The lowest BCUT2D eigenvalue weighted by Crippen LogP contribution is -2.60. The number of carbonyl (C=O) groups excluding carboxylic acids is 2. The Balaban J connectivity index is 1.12. The van der Waals surface area contributed by atoms with Crippen LogP contribution in [0.2, 0.25) is 0 Å². The first-order chi connectivity index (χ1) is 25.9. The van der Waals surface area contributed by atoms with Crippen LogP contribution in [0.3, 0.4) is 0 Å². The van der Waals surface area contributed by atoms with Gasteiger partial charge in [0.25, 0.3) is 5.91 Å². The minimum Gasteiger partial charge on any atom is -0.507 e. The van der Waals surface area contributed by atoms with Gasteiger partial charge in [-0.15, -0.1) is 0 Å². The molecule has 3 saturated carbocycles. The number of benzene rings is 1. The van der Waals surface area contributed by atoms with Crippen molar-refractivity contribution in [2.45, 2.75) is 70.1 Å². The molecule has 1 aromatic carbocycles. The molecule has 3 aliphatic carbocycles. The van der Waals surface area contributed by atoms with Gasteiger partial charge in [-0.25, -0.2) is 15.0 Å². The van der Waals surface area contributed by atoms with Gasteiger partial charge in [0.2, 0.25) is 28.8 Å². The van der Waals surface area contributed by atoms with Gasteiger partial charge in [0, 0.05) is 55.2 Å². The van der Waals surface area contributed by atoms with Crippen LogP contribution in [-0.2, 0) is 17.8 Å². The molecule has 0 unspecified atom stereocenters. The Labute approximate surface area is 305 Å². The quantitative estimate of drug-likeness (QED) is 0.214. The third-order valence-electron chi connectivity index (χ3n) is 11.5. The summed E-state index contributed by atoms with van der Waals surface area (Å²) in [5, 5.41) is 13.7. The fourth-order valence-electron chi connectivity index (χ4n) is 8.46. The summed E-state index contributed by atoms with van der Waals surface area (Å²) < 4.78 is 60.4. The molecule has 4 aliphatic rings. The van der Waals surface area contributed by atoms with Gasteiger partial charge >= 0.3 is 6.18 Å². The van der Waals surface area contributed by atoms with Crippen LogP contribution >= 0.6 is 0 Å². The van der Waals surface area contributed by atoms with Crippen LogP contribution in [0.4, 0.5) is 18.9 Å². The van der Waals surface area contributed by atoms with E-state index in [4.69, 9.17) is 13.6 Å². The average Bonchev–Trinajstić information content (AvgIpc) is 3.84. The van der Waals surface area contributed by atoms with Crippen LogP contribution in [0.25, 0.3) is 33.8 Å². The molecule has 0 spiro atoms. The van der Waals surface area contributed by atoms with E-state index in [1.807, 2.05) is 11.8 Å². The number of aromatic nitrogens is 4. The minimum atomic E-state index is -4.29. The fraction of sp³-hybridized carbons (Fsp3) is 0.459. The number of phenols is 1. The number of piperazine rings is 1. The number of phenolic OH excluding ortho intramolecular Hbond substituents is 1. The number of rotatable bonds is 8. The van der Waals surface area contributed by atoms with Crippen LogP contribution in [0.1, 0.15) is 61.5 Å². The van der Waals surface area contributed by atoms with Crippen molar-refractivity contribution in [1.29, 1.82) is 0 Å². The second kappa shape index (κ2) is 13.1. The molecule has 0 radical (unpaired) electrons. The zero-order chi connectivity index (χ0) is 38.0. The third kappa shape index (κ3) is 5.80. The number of ether oxygens (including phenoxy) is 1. The Bertz CT molecular complexity index is 2320. The van der Waals surface area contributed by atoms with Crippen LogP contribution in [0.5, 0.6) is 11.6 Å². The first-order valence-electron chi connectivity index (χ1n) is 17.9. The maximum Gasteiger partial charge on any atom is 0.394 e. The largest absolute Gasteiger partial charge is 0.507 e. The smallest absolute Gasteiger partial charge is 0.394 e. The Morgan fingerprint density at radius 1 is 1.04 bits per heavy atom. The standard InChI is InChI=1S/C37H38F3N7O7/c1-3-23-29(45-14-16-46(17-15-45)33(51)27-24(48)5-4-22-31(27)53-20-42-22)30(50)28-34(54-32(43-28)21-6-13-41-26(18-21)52-2)47(23)19-25(49)44-36-10-7-35(8-11-36,9-12-36)37(38,39)40/h4-6,13,18,20,48H,3,7-12,14-17,19H2,1-2H3,(H,44,49). The normalized spacial score (nSPS) is 21.6. The van der Waals surface area contributed by atoms with Crippen LogP contribution in [0.15, 0.2) is 50.5 Å². The molecule has 2 amide bonds. The number of pyridine rings is 2. The van der Waals surface area contributed by atoms with Crippen molar-refractivity contribution in [3.63, 3.8) is 0 Å². The molecule has 4 fully saturated rings. The number of hydrogen-bond acceptors (Lipinski definition) is 11. The summed E-state index contributed by atoms with van der Waals surface area (Å²) in [7, 11) is 1.46. The molecule has 0 atom stereocenters. The van der Waals surface area contributed by atoms with E-state index in [2.05, 4.69) is 20.3 Å². The molecule has 9 rings (SSSR count). The van der Waals surface area contributed by atoms with Crippen LogP contribution < -0.4 is 20.4 Å². The summed E-state index contributed by atoms with van der Waals surface area (Å²) >= 11 is 0. The summed E-state index contributed by atoms with van der Waals surface area (Å²) in [5.74, 6) is -0.688. The van der Waals surface area contributed by atoms with Gasteiger partial charge in [-0.3, -0.25) is 14.4 Å². The van der Waals surface area contributed by atoms with Gasteiger partial charge in [0.1, 0.15) is 29.1 Å². The molecular formula is C37H38F3N7O7. The molecule has 1 saturated heterocycles. The number of hydrogen-bond donors (Lipinski definition) is 2. The lowest BCUT2D eigenvalue weighted by atomic mass is 9.57. The van der Waals surface area contributed by atoms with E-state index in [1.165, 1.54) is 25.8 Å². The summed E-state index contributed by atoms with van der Waals surface area (Å²) in [6.45, 7) is 2.47. The summed E-state index contributed by atoms with van der Waals surface area (Å²) in [6, 6.07) is 6.20. The molecule has 5 aromatic rings. The SMILES string of the molecule is CCc1c(N2CCN(C(=O)c3c(O)ccc4ncoc34)CC2)c(=O)c2nc(-c3ccnc(OC)c3)oc2n1CC(=O)NC12CCC(C(F)(F)F)(CC1)CC2. The Hall–Kier alpha value is -5.61. The second-order valence-electron chi connectivity index (χ2n) is 14.4. The van der Waals surface area contributed by atoms with E-state index < -0.39 is 34.4 Å². The summed E-state index contributed by atoms with van der Waals surface area (Å²) in [4.78, 5) is 58.2. The van der Waals surface area contributed by atoms with E-state index in [-0.39, 0.29) is 105 Å². The molecule has 2 N–H and O–H groups in total. The average molecular weight is 750 g/mol. The molecule has 2 bridgehead atoms. The lowest BCUT2D eigenvalue weighted by molar-refractivity contribution is -0.254. The first-order valence-corrected chi connectivity index (χ1v) is 17.9. The Morgan fingerprint density at radius 2 is 1.76 bits per heavy atom. The minimum absolute atomic E-state index is 0.00449. The number of anilines is 1. The monoisotopic (exact) mass is 749 g/mol. The van der Waals surface area contributed by atoms with Crippen molar-refractivity contribution in [1.82, 2.24) is 29.7 Å².